The summed E-state index contributed by atoms with van der Waals surface area (Å²) >= 11 is 0. The van der Waals surface area contributed by atoms with E-state index in [1.54, 1.807) is 13.4 Å². The lowest BCUT2D eigenvalue weighted by Crippen LogP contribution is -2.40. The third-order valence-corrected chi connectivity index (χ3v) is 3.63. The summed E-state index contributed by atoms with van der Waals surface area (Å²) < 4.78 is 7.21. The largest absolute Gasteiger partial charge is 0.382 e. The summed E-state index contributed by atoms with van der Waals surface area (Å²) in [6.07, 6.45) is 4.28. The molecule has 0 saturated heterocycles. The second-order valence-electron chi connectivity index (χ2n) is 5.02. The number of nitrogens with one attached hydrogen (secondary N) is 1. The van der Waals surface area contributed by atoms with E-state index in [1.807, 2.05) is 23.7 Å². The number of benzene rings is 1. The van der Waals surface area contributed by atoms with E-state index in [9.17, 15) is 0 Å². The predicted molar refractivity (Wildman–Crippen MR) is 73.9 cm³/mol. The summed E-state index contributed by atoms with van der Waals surface area (Å²) in [4.78, 5) is 0. The van der Waals surface area contributed by atoms with E-state index >= 15 is 0 Å². The zero-order valence-corrected chi connectivity index (χ0v) is 11.2. The summed E-state index contributed by atoms with van der Waals surface area (Å²) in [6, 6.07) is 8.80. The van der Waals surface area contributed by atoms with Gasteiger partial charge in [-0.15, -0.1) is 10.2 Å². The van der Waals surface area contributed by atoms with Crippen molar-refractivity contribution < 1.29 is 4.74 Å². The minimum absolute atomic E-state index is 0.416. The summed E-state index contributed by atoms with van der Waals surface area (Å²) in [5.41, 5.74) is 2.20. The van der Waals surface area contributed by atoms with Crippen molar-refractivity contribution in [2.45, 2.75) is 25.0 Å². The van der Waals surface area contributed by atoms with Crippen molar-refractivity contribution in [2.75, 3.05) is 12.4 Å². The molecule has 0 amide bonds. The molecule has 0 spiro atoms. The van der Waals surface area contributed by atoms with Gasteiger partial charge in [-0.05, 0) is 25.0 Å². The van der Waals surface area contributed by atoms with Gasteiger partial charge in [0.15, 0.2) is 5.82 Å². The smallest absolute Gasteiger partial charge is 0.163 e. The van der Waals surface area contributed by atoms with Gasteiger partial charge >= 0.3 is 0 Å². The summed E-state index contributed by atoms with van der Waals surface area (Å²) in [5.74, 6) is 0.882. The highest BCUT2D eigenvalue weighted by Crippen LogP contribution is 2.27. The number of aryl methyl sites for hydroxylation is 1. The number of ether oxygens (including phenoxy) is 1. The highest BCUT2D eigenvalue weighted by molar-refractivity contribution is 5.62. The molecule has 100 valence electrons. The van der Waals surface area contributed by atoms with Gasteiger partial charge in [0.25, 0.3) is 0 Å². The lowest BCUT2D eigenvalue weighted by atomic mass is 9.89. The Bertz CT molecular complexity index is 560. The van der Waals surface area contributed by atoms with Crippen LogP contribution in [0.2, 0.25) is 0 Å². The molecule has 1 aromatic heterocycles. The molecule has 1 saturated carbocycles. The van der Waals surface area contributed by atoms with Crippen LogP contribution in [0, 0.1) is 0 Å². The third kappa shape index (κ3) is 2.46. The van der Waals surface area contributed by atoms with E-state index in [0.29, 0.717) is 12.1 Å². The third-order valence-electron chi connectivity index (χ3n) is 3.63. The molecule has 1 heterocycles. The molecule has 0 bridgehead atoms. The van der Waals surface area contributed by atoms with E-state index in [4.69, 9.17) is 4.74 Å². The van der Waals surface area contributed by atoms with Crippen molar-refractivity contribution >= 4 is 5.69 Å². The van der Waals surface area contributed by atoms with Crippen LogP contribution in [-0.4, -0.2) is 34.0 Å². The monoisotopic (exact) mass is 258 g/mol. The molecule has 3 rings (SSSR count). The van der Waals surface area contributed by atoms with Crippen LogP contribution in [0.15, 0.2) is 30.6 Å². The molecule has 1 aliphatic rings. The van der Waals surface area contributed by atoms with Crippen molar-refractivity contribution in [1.29, 1.82) is 0 Å². The first kappa shape index (κ1) is 12.2. The van der Waals surface area contributed by atoms with Gasteiger partial charge in [-0.25, -0.2) is 0 Å². The number of nitrogens with zero attached hydrogens (tertiary/aromatic N) is 3. The van der Waals surface area contributed by atoms with E-state index in [2.05, 4.69) is 27.6 Å². The van der Waals surface area contributed by atoms with Crippen LogP contribution >= 0.6 is 0 Å². The van der Waals surface area contributed by atoms with E-state index in [1.165, 1.54) is 0 Å². The summed E-state index contributed by atoms with van der Waals surface area (Å²) in [6.45, 7) is 0. The van der Waals surface area contributed by atoms with Crippen molar-refractivity contribution in [3.8, 4) is 11.4 Å². The van der Waals surface area contributed by atoms with Gasteiger partial charge in [-0.1, -0.05) is 12.1 Å². The van der Waals surface area contributed by atoms with Crippen LogP contribution in [0.1, 0.15) is 12.8 Å². The molecule has 1 aromatic carbocycles. The second kappa shape index (κ2) is 5.01. The molecule has 2 aromatic rings. The Balaban J connectivity index is 1.72. The highest BCUT2D eigenvalue weighted by atomic mass is 16.5. The number of anilines is 1. The quantitative estimate of drug-likeness (QED) is 0.912. The van der Waals surface area contributed by atoms with Gasteiger partial charge in [-0.3, -0.25) is 0 Å². The van der Waals surface area contributed by atoms with E-state index in [-0.39, 0.29) is 0 Å². The molecule has 1 fully saturated rings. The van der Waals surface area contributed by atoms with Crippen LogP contribution < -0.4 is 5.32 Å². The molecule has 0 unspecified atom stereocenters. The predicted octanol–water partition coefficient (Wildman–Crippen LogP) is 2.07. The van der Waals surface area contributed by atoms with Gasteiger partial charge in [0.05, 0.1) is 6.10 Å². The van der Waals surface area contributed by atoms with E-state index < -0.39 is 0 Å². The lowest BCUT2D eigenvalue weighted by Gasteiger charge is -2.35. The first-order chi connectivity index (χ1) is 9.26. The topological polar surface area (TPSA) is 52.0 Å². The number of methoxy groups -OCH3 is 1. The normalized spacial score (nSPS) is 22.0. The number of rotatable bonds is 4. The Kier molecular flexibility index (Phi) is 3.21. The summed E-state index contributed by atoms with van der Waals surface area (Å²) in [7, 11) is 3.72. The van der Waals surface area contributed by atoms with Crippen LogP contribution in [-0.2, 0) is 11.8 Å². The Morgan fingerprint density at radius 3 is 2.89 bits per heavy atom. The van der Waals surface area contributed by atoms with Crippen molar-refractivity contribution in [2.24, 2.45) is 7.05 Å². The second-order valence-corrected chi connectivity index (χ2v) is 5.02. The maximum Gasteiger partial charge on any atom is 0.163 e. The van der Waals surface area contributed by atoms with Gasteiger partial charge in [0.1, 0.15) is 6.33 Å². The average Bonchev–Trinajstić information content (AvgIpc) is 2.80. The van der Waals surface area contributed by atoms with Gasteiger partial charge in [0.2, 0.25) is 0 Å². The molecule has 0 aliphatic heterocycles. The number of hydrogen-bond donors (Lipinski definition) is 1. The molecule has 1 aliphatic carbocycles. The number of aromatic nitrogens is 3. The first-order valence-electron chi connectivity index (χ1n) is 6.50. The van der Waals surface area contributed by atoms with Crippen LogP contribution in [0.4, 0.5) is 5.69 Å². The Morgan fingerprint density at radius 1 is 1.37 bits per heavy atom. The fraction of sp³-hybridized carbons (Fsp3) is 0.429. The van der Waals surface area contributed by atoms with E-state index in [0.717, 1.165) is 29.9 Å². The highest BCUT2D eigenvalue weighted by Gasteiger charge is 2.28. The molecule has 0 radical (unpaired) electrons. The average molecular weight is 258 g/mol. The molecule has 5 heteroatoms. The SMILES string of the molecule is COC1CC(Nc2cccc(-c3nncn3C)c2)C1. The molecular weight excluding hydrogens is 240 g/mol. The zero-order chi connectivity index (χ0) is 13.2. The standard InChI is InChI=1S/C14H18N4O/c1-18-9-15-17-14(18)10-4-3-5-11(6-10)16-12-7-13(8-12)19-2/h3-6,9,12-13,16H,7-8H2,1-2H3. The number of hydrogen-bond acceptors (Lipinski definition) is 4. The Hall–Kier alpha value is -1.88. The molecule has 19 heavy (non-hydrogen) atoms. The minimum atomic E-state index is 0.416. The van der Waals surface area contributed by atoms with Crippen molar-refractivity contribution in [1.82, 2.24) is 14.8 Å². The van der Waals surface area contributed by atoms with Crippen LogP contribution in [0.3, 0.4) is 0 Å². The van der Waals surface area contributed by atoms with Gasteiger partial charge in [-0.2, -0.15) is 0 Å². The van der Waals surface area contributed by atoms with Crippen LogP contribution in [0.25, 0.3) is 11.4 Å². The maximum absolute atomic E-state index is 5.29. The fourth-order valence-electron chi connectivity index (χ4n) is 2.40. The molecular formula is C14H18N4O. The minimum Gasteiger partial charge on any atom is -0.382 e. The molecule has 1 N–H and O–H groups in total. The fourth-order valence-corrected chi connectivity index (χ4v) is 2.40. The lowest BCUT2D eigenvalue weighted by molar-refractivity contribution is 0.0329. The van der Waals surface area contributed by atoms with Crippen molar-refractivity contribution in [3.63, 3.8) is 0 Å². The van der Waals surface area contributed by atoms with Gasteiger partial charge < -0.3 is 14.6 Å². The summed E-state index contributed by atoms with van der Waals surface area (Å²) in [5, 5.41) is 11.6. The Labute approximate surface area is 112 Å². The first-order valence-corrected chi connectivity index (χ1v) is 6.50. The molecule has 0 atom stereocenters. The molecule has 5 nitrogen and oxygen atoms in total. The maximum atomic E-state index is 5.29. The zero-order valence-electron chi connectivity index (χ0n) is 11.2. The van der Waals surface area contributed by atoms with Crippen molar-refractivity contribution in [3.05, 3.63) is 30.6 Å². The Morgan fingerprint density at radius 2 is 2.21 bits per heavy atom. The van der Waals surface area contributed by atoms with Gasteiger partial charge in [0, 0.05) is 31.5 Å². The van der Waals surface area contributed by atoms with Crippen LogP contribution in [0.5, 0.6) is 0 Å².